The van der Waals surface area contributed by atoms with Gasteiger partial charge in [-0.05, 0) is 32.0 Å². The van der Waals surface area contributed by atoms with Crippen molar-refractivity contribution < 1.29 is 18.0 Å². The molecule has 0 radical (unpaired) electrons. The molecule has 1 heterocycles. The predicted molar refractivity (Wildman–Crippen MR) is 118 cm³/mol. The number of nitrogens with one attached hydrogen (secondary N) is 3. The van der Waals surface area contributed by atoms with E-state index < -0.39 is 21.8 Å². The Kier molecular flexibility index (Phi) is 7.01. The summed E-state index contributed by atoms with van der Waals surface area (Å²) in [5.41, 5.74) is 4.16. The minimum Gasteiger partial charge on any atom is -0.273 e. The molecule has 0 spiro atoms. The van der Waals surface area contributed by atoms with Crippen LogP contribution >= 0.6 is 0 Å². The molecule has 0 bridgehead atoms. The lowest BCUT2D eigenvalue weighted by Crippen LogP contribution is -2.43. The van der Waals surface area contributed by atoms with Gasteiger partial charge in [-0.25, -0.2) is 17.8 Å². The first-order valence-electron chi connectivity index (χ1n) is 9.86. The predicted octanol–water partition coefficient (Wildman–Crippen LogP) is 1.11. The van der Waals surface area contributed by atoms with E-state index in [1.54, 1.807) is 56.3 Å². The molecule has 0 aliphatic carbocycles. The first-order valence-corrected chi connectivity index (χ1v) is 11.3. The van der Waals surface area contributed by atoms with Crippen LogP contribution in [0.2, 0.25) is 0 Å². The van der Waals surface area contributed by atoms with E-state index in [1.807, 2.05) is 0 Å². The van der Waals surface area contributed by atoms with Gasteiger partial charge < -0.3 is 0 Å². The molecule has 0 aliphatic rings. The minimum absolute atomic E-state index is 0.0148. The van der Waals surface area contributed by atoms with Crippen LogP contribution in [0.4, 0.5) is 0 Å². The maximum atomic E-state index is 12.7. The highest BCUT2D eigenvalue weighted by Crippen LogP contribution is 2.14. The number of sulfonamides is 1. The van der Waals surface area contributed by atoms with Crippen LogP contribution in [-0.2, 0) is 14.8 Å². The SMILES string of the molecule is CC(C)n1nc(C(=O)NNC(=O)CCNS(=O)(=O)c2ccccc2)c2ccccc2c1=O. The fourth-order valence-electron chi connectivity index (χ4n) is 2.95. The largest absolute Gasteiger partial charge is 0.290 e. The smallest absolute Gasteiger partial charge is 0.273 e. The van der Waals surface area contributed by atoms with Crippen LogP contribution in [0.15, 0.2) is 64.3 Å². The number of carbonyl (C=O) groups excluding carboxylic acids is 2. The molecule has 0 atom stereocenters. The van der Waals surface area contributed by atoms with Crippen LogP contribution in [0.25, 0.3) is 10.8 Å². The number of carbonyl (C=O) groups is 2. The van der Waals surface area contributed by atoms with Crippen LogP contribution in [0.1, 0.15) is 36.8 Å². The molecule has 168 valence electrons. The van der Waals surface area contributed by atoms with Gasteiger partial charge in [-0.2, -0.15) is 5.10 Å². The number of fused-ring (bicyclic) bond motifs is 1. The topological polar surface area (TPSA) is 139 Å². The summed E-state index contributed by atoms with van der Waals surface area (Å²) in [4.78, 5) is 37.4. The van der Waals surface area contributed by atoms with Gasteiger partial charge in [0.1, 0.15) is 0 Å². The fourth-order valence-corrected chi connectivity index (χ4v) is 4.01. The number of nitrogens with zero attached hydrogens (tertiary/aromatic N) is 2. The molecule has 0 aliphatic heterocycles. The molecular weight excluding hydrogens is 434 g/mol. The summed E-state index contributed by atoms with van der Waals surface area (Å²) in [7, 11) is -3.73. The summed E-state index contributed by atoms with van der Waals surface area (Å²) in [6.45, 7) is 3.38. The quantitative estimate of drug-likeness (QED) is 0.454. The van der Waals surface area contributed by atoms with E-state index in [9.17, 15) is 22.8 Å². The zero-order valence-electron chi connectivity index (χ0n) is 17.5. The van der Waals surface area contributed by atoms with Crippen molar-refractivity contribution in [2.75, 3.05) is 6.54 Å². The van der Waals surface area contributed by atoms with Gasteiger partial charge >= 0.3 is 0 Å². The minimum atomic E-state index is -3.73. The average molecular weight is 458 g/mol. The number of benzene rings is 2. The third kappa shape index (κ3) is 5.18. The van der Waals surface area contributed by atoms with Gasteiger partial charge in [0.05, 0.1) is 16.3 Å². The summed E-state index contributed by atoms with van der Waals surface area (Å²) >= 11 is 0. The highest BCUT2D eigenvalue weighted by molar-refractivity contribution is 7.89. The lowest BCUT2D eigenvalue weighted by molar-refractivity contribution is -0.121. The van der Waals surface area contributed by atoms with Crippen molar-refractivity contribution in [2.24, 2.45) is 0 Å². The van der Waals surface area contributed by atoms with E-state index in [0.717, 1.165) is 0 Å². The fraction of sp³-hybridized carbons (Fsp3) is 0.238. The van der Waals surface area contributed by atoms with Gasteiger partial charge in [0.25, 0.3) is 11.5 Å². The summed E-state index contributed by atoms with van der Waals surface area (Å²) in [6, 6.07) is 14.1. The molecule has 3 N–H and O–H groups in total. The Morgan fingerprint density at radius 1 is 0.969 bits per heavy atom. The van der Waals surface area contributed by atoms with Crippen LogP contribution in [0, 0.1) is 0 Å². The Bertz CT molecular complexity index is 1300. The number of aromatic nitrogens is 2. The standard InChI is InChI=1S/C21H23N5O5S/c1-14(2)26-21(29)17-11-7-6-10-16(17)19(25-26)20(28)24-23-18(27)12-13-22-32(30,31)15-8-4-3-5-9-15/h3-11,14,22H,12-13H2,1-2H3,(H,23,27)(H,24,28). The van der Waals surface area contributed by atoms with E-state index >= 15 is 0 Å². The van der Waals surface area contributed by atoms with Crippen molar-refractivity contribution in [3.63, 3.8) is 0 Å². The van der Waals surface area contributed by atoms with E-state index in [1.165, 1.54) is 16.8 Å². The molecule has 10 nitrogen and oxygen atoms in total. The molecule has 0 saturated carbocycles. The molecule has 2 amide bonds. The number of rotatable bonds is 7. The van der Waals surface area contributed by atoms with Crippen molar-refractivity contribution in [1.29, 1.82) is 0 Å². The molecule has 0 unspecified atom stereocenters. The summed E-state index contributed by atoms with van der Waals surface area (Å²) in [5.74, 6) is -1.30. The first kappa shape index (κ1) is 23.1. The Morgan fingerprint density at radius 3 is 2.25 bits per heavy atom. The maximum Gasteiger partial charge on any atom is 0.290 e. The summed E-state index contributed by atoms with van der Waals surface area (Å²) in [6.07, 6.45) is -0.202. The van der Waals surface area contributed by atoms with Crippen LogP contribution in [0.3, 0.4) is 0 Å². The Balaban J connectivity index is 1.63. The second-order valence-electron chi connectivity index (χ2n) is 7.20. The maximum absolute atomic E-state index is 12.7. The van der Waals surface area contributed by atoms with Gasteiger partial charge in [-0.1, -0.05) is 36.4 Å². The van der Waals surface area contributed by atoms with Gasteiger partial charge in [0.15, 0.2) is 5.69 Å². The first-order chi connectivity index (χ1) is 15.2. The van der Waals surface area contributed by atoms with Crippen molar-refractivity contribution in [1.82, 2.24) is 25.4 Å². The molecule has 11 heteroatoms. The monoisotopic (exact) mass is 457 g/mol. The normalized spacial score (nSPS) is 11.5. The Morgan fingerprint density at radius 2 is 1.59 bits per heavy atom. The van der Waals surface area contributed by atoms with Crippen molar-refractivity contribution in [3.05, 3.63) is 70.6 Å². The van der Waals surface area contributed by atoms with Crippen LogP contribution < -0.4 is 21.1 Å². The molecule has 0 fully saturated rings. The van der Waals surface area contributed by atoms with Crippen molar-refractivity contribution in [3.8, 4) is 0 Å². The van der Waals surface area contributed by atoms with Gasteiger partial charge in [0.2, 0.25) is 15.9 Å². The third-order valence-corrected chi connectivity index (χ3v) is 6.02. The zero-order valence-corrected chi connectivity index (χ0v) is 18.3. The molecule has 3 aromatic rings. The molecule has 2 aromatic carbocycles. The van der Waals surface area contributed by atoms with Gasteiger partial charge in [-0.15, -0.1) is 0 Å². The number of hydrogen-bond donors (Lipinski definition) is 3. The molecule has 3 rings (SSSR count). The third-order valence-electron chi connectivity index (χ3n) is 4.55. The van der Waals surface area contributed by atoms with Gasteiger partial charge in [0, 0.05) is 18.4 Å². The number of amides is 2. The molecule has 32 heavy (non-hydrogen) atoms. The van der Waals surface area contributed by atoms with Gasteiger partial charge in [-0.3, -0.25) is 25.2 Å². The molecular formula is C21H23N5O5S. The lowest BCUT2D eigenvalue weighted by atomic mass is 10.1. The molecule has 0 saturated heterocycles. The van der Waals surface area contributed by atoms with E-state index in [2.05, 4.69) is 20.7 Å². The second-order valence-corrected chi connectivity index (χ2v) is 8.97. The van der Waals surface area contributed by atoms with E-state index in [4.69, 9.17) is 0 Å². The Hall–Kier alpha value is -3.57. The second kappa shape index (κ2) is 9.71. The highest BCUT2D eigenvalue weighted by Gasteiger charge is 2.18. The van der Waals surface area contributed by atoms with E-state index in [0.29, 0.717) is 10.8 Å². The summed E-state index contributed by atoms with van der Waals surface area (Å²) in [5, 5.41) is 4.85. The van der Waals surface area contributed by atoms with Crippen LogP contribution in [0.5, 0.6) is 0 Å². The zero-order chi connectivity index (χ0) is 23.3. The van der Waals surface area contributed by atoms with Crippen molar-refractivity contribution in [2.45, 2.75) is 31.2 Å². The van der Waals surface area contributed by atoms with E-state index in [-0.39, 0.29) is 35.2 Å². The van der Waals surface area contributed by atoms with Crippen molar-refractivity contribution >= 4 is 32.6 Å². The highest BCUT2D eigenvalue weighted by atomic mass is 32.2. The number of hydrazine groups is 1. The lowest BCUT2D eigenvalue weighted by Gasteiger charge is -2.14. The van der Waals surface area contributed by atoms with Crippen LogP contribution in [-0.4, -0.2) is 36.6 Å². The summed E-state index contributed by atoms with van der Waals surface area (Å²) < 4.78 is 27.8. The molecule has 1 aromatic heterocycles. The number of hydrogen-bond acceptors (Lipinski definition) is 6. The Labute approximate surface area is 184 Å². The average Bonchev–Trinajstić information content (AvgIpc) is 2.78.